The Labute approximate surface area is 180 Å². The van der Waals surface area contributed by atoms with Gasteiger partial charge >= 0.3 is 0 Å². The summed E-state index contributed by atoms with van der Waals surface area (Å²) in [5, 5.41) is 7.26. The average Bonchev–Trinajstić information content (AvgIpc) is 3.10. The minimum atomic E-state index is -0.310. The molecule has 9 heteroatoms. The summed E-state index contributed by atoms with van der Waals surface area (Å²) >= 11 is 0. The van der Waals surface area contributed by atoms with E-state index in [1.165, 1.54) is 12.1 Å². The Balaban J connectivity index is 1.47. The second-order valence-electron chi connectivity index (χ2n) is 7.66. The van der Waals surface area contributed by atoms with Gasteiger partial charge in [0.15, 0.2) is 0 Å². The highest BCUT2D eigenvalue weighted by atomic mass is 19.1. The number of hydrogen-bond donors (Lipinski definition) is 1. The van der Waals surface area contributed by atoms with E-state index >= 15 is 0 Å². The summed E-state index contributed by atoms with van der Waals surface area (Å²) in [5.41, 5.74) is 4.28. The van der Waals surface area contributed by atoms with Crippen LogP contribution in [0.15, 0.2) is 36.7 Å². The molecule has 0 unspecified atom stereocenters. The van der Waals surface area contributed by atoms with Crippen LogP contribution in [0.5, 0.6) is 0 Å². The lowest BCUT2D eigenvalue weighted by Gasteiger charge is -2.37. The van der Waals surface area contributed by atoms with Gasteiger partial charge in [-0.25, -0.2) is 14.4 Å². The SMILES string of the molecule is CNc1ncc(-c2cc(F)ccc2N2CCN(C(=O)Cn3nc(C)cc3C)CC2)cn1. The lowest BCUT2D eigenvalue weighted by molar-refractivity contribution is -0.132. The third-order valence-corrected chi connectivity index (χ3v) is 5.51. The van der Waals surface area contributed by atoms with Crippen molar-refractivity contribution in [3.05, 3.63) is 53.9 Å². The summed E-state index contributed by atoms with van der Waals surface area (Å²) in [4.78, 5) is 25.3. The molecule has 3 heterocycles. The van der Waals surface area contributed by atoms with E-state index in [0.29, 0.717) is 32.1 Å². The molecule has 4 rings (SSSR count). The fraction of sp³-hybridized carbons (Fsp3) is 0.364. The zero-order valence-electron chi connectivity index (χ0n) is 18.0. The van der Waals surface area contributed by atoms with E-state index in [1.807, 2.05) is 24.8 Å². The first kappa shape index (κ1) is 20.8. The van der Waals surface area contributed by atoms with Gasteiger partial charge in [-0.1, -0.05) is 0 Å². The first-order valence-electron chi connectivity index (χ1n) is 10.3. The molecule has 0 aliphatic carbocycles. The van der Waals surface area contributed by atoms with E-state index in [-0.39, 0.29) is 18.3 Å². The average molecular weight is 423 g/mol. The van der Waals surface area contributed by atoms with Crippen molar-refractivity contribution in [2.45, 2.75) is 20.4 Å². The van der Waals surface area contributed by atoms with Crippen LogP contribution in [0.2, 0.25) is 0 Å². The van der Waals surface area contributed by atoms with Crippen LogP contribution in [0.1, 0.15) is 11.4 Å². The van der Waals surface area contributed by atoms with Gasteiger partial charge in [0, 0.05) is 68.1 Å². The first-order chi connectivity index (χ1) is 14.9. The maximum atomic E-state index is 14.0. The summed E-state index contributed by atoms with van der Waals surface area (Å²) < 4.78 is 15.8. The van der Waals surface area contributed by atoms with Gasteiger partial charge in [-0.3, -0.25) is 9.48 Å². The molecule has 0 atom stereocenters. The first-order valence-corrected chi connectivity index (χ1v) is 10.3. The number of nitrogens with one attached hydrogen (secondary N) is 1. The third kappa shape index (κ3) is 4.50. The summed E-state index contributed by atoms with van der Waals surface area (Å²) in [6.45, 7) is 6.65. The summed E-state index contributed by atoms with van der Waals surface area (Å²) in [5.74, 6) is 0.257. The van der Waals surface area contributed by atoms with Crippen molar-refractivity contribution in [2.24, 2.45) is 0 Å². The van der Waals surface area contributed by atoms with Crippen molar-refractivity contribution >= 4 is 17.5 Å². The summed E-state index contributed by atoms with van der Waals surface area (Å²) in [6, 6.07) is 6.72. The maximum Gasteiger partial charge on any atom is 0.244 e. The monoisotopic (exact) mass is 423 g/mol. The van der Waals surface area contributed by atoms with Crippen molar-refractivity contribution in [3.8, 4) is 11.1 Å². The third-order valence-electron chi connectivity index (χ3n) is 5.51. The molecule has 1 fully saturated rings. The van der Waals surface area contributed by atoms with E-state index in [4.69, 9.17) is 0 Å². The second-order valence-corrected chi connectivity index (χ2v) is 7.66. The number of amides is 1. The molecule has 3 aromatic rings. The van der Waals surface area contributed by atoms with Gasteiger partial charge in [0.1, 0.15) is 12.4 Å². The molecule has 1 aliphatic rings. The van der Waals surface area contributed by atoms with E-state index in [1.54, 1.807) is 30.2 Å². The van der Waals surface area contributed by atoms with Crippen LogP contribution in [-0.2, 0) is 11.3 Å². The van der Waals surface area contributed by atoms with Gasteiger partial charge in [-0.05, 0) is 38.1 Å². The topological polar surface area (TPSA) is 79.2 Å². The van der Waals surface area contributed by atoms with Gasteiger partial charge in [-0.15, -0.1) is 0 Å². The van der Waals surface area contributed by atoms with Crippen LogP contribution in [-0.4, -0.2) is 63.8 Å². The molecule has 1 amide bonds. The fourth-order valence-electron chi connectivity index (χ4n) is 3.87. The van der Waals surface area contributed by atoms with Crippen LogP contribution < -0.4 is 10.2 Å². The van der Waals surface area contributed by atoms with Crippen LogP contribution >= 0.6 is 0 Å². The van der Waals surface area contributed by atoms with E-state index in [2.05, 4.69) is 25.3 Å². The number of benzene rings is 1. The highest BCUT2D eigenvalue weighted by Gasteiger charge is 2.24. The molecule has 0 saturated carbocycles. The molecular weight excluding hydrogens is 397 g/mol. The van der Waals surface area contributed by atoms with Crippen LogP contribution in [0, 0.1) is 19.7 Å². The minimum absolute atomic E-state index is 0.0567. The minimum Gasteiger partial charge on any atom is -0.367 e. The maximum absolute atomic E-state index is 14.0. The number of carbonyl (C=O) groups is 1. The number of hydrogen-bond acceptors (Lipinski definition) is 6. The number of anilines is 2. The normalized spacial score (nSPS) is 14.1. The van der Waals surface area contributed by atoms with Crippen molar-refractivity contribution in [2.75, 3.05) is 43.4 Å². The predicted molar refractivity (Wildman–Crippen MR) is 117 cm³/mol. The molecule has 1 aliphatic heterocycles. The molecule has 0 bridgehead atoms. The lowest BCUT2D eigenvalue weighted by Crippen LogP contribution is -2.49. The summed E-state index contributed by atoms with van der Waals surface area (Å²) in [6.07, 6.45) is 3.37. The molecule has 162 valence electrons. The standard InChI is InChI=1S/C22H26FN7O/c1-15-10-16(2)30(27-15)14-21(31)29-8-6-28(7-9-29)20-5-4-18(23)11-19(20)17-12-25-22(24-3)26-13-17/h4-5,10-13H,6-9,14H2,1-3H3,(H,24,25,26). The van der Waals surface area contributed by atoms with E-state index in [9.17, 15) is 9.18 Å². The van der Waals surface area contributed by atoms with Crippen LogP contribution in [0.25, 0.3) is 11.1 Å². The van der Waals surface area contributed by atoms with Crippen molar-refractivity contribution in [1.82, 2.24) is 24.6 Å². The number of aryl methyl sites for hydroxylation is 2. The quantitative estimate of drug-likeness (QED) is 0.679. The molecular formula is C22H26FN7O. The number of rotatable bonds is 5. The number of aromatic nitrogens is 4. The van der Waals surface area contributed by atoms with Gasteiger partial charge in [-0.2, -0.15) is 5.10 Å². The highest BCUT2D eigenvalue weighted by Crippen LogP contribution is 2.32. The van der Waals surface area contributed by atoms with Gasteiger partial charge in [0.25, 0.3) is 0 Å². The molecule has 31 heavy (non-hydrogen) atoms. The van der Waals surface area contributed by atoms with Gasteiger partial charge in [0.2, 0.25) is 11.9 Å². The molecule has 1 N–H and O–H groups in total. The Bertz CT molecular complexity index is 1070. The van der Waals surface area contributed by atoms with E-state index < -0.39 is 0 Å². The Morgan fingerprint density at radius 3 is 2.42 bits per heavy atom. The zero-order chi connectivity index (χ0) is 22.0. The van der Waals surface area contributed by atoms with Crippen LogP contribution in [0.3, 0.4) is 0 Å². The molecule has 2 aromatic heterocycles. The van der Waals surface area contributed by atoms with Gasteiger partial charge < -0.3 is 15.1 Å². The second kappa shape index (κ2) is 8.71. The molecule has 0 radical (unpaired) electrons. The van der Waals surface area contributed by atoms with Crippen molar-refractivity contribution in [1.29, 1.82) is 0 Å². The highest BCUT2D eigenvalue weighted by molar-refractivity contribution is 5.79. The smallest absolute Gasteiger partial charge is 0.244 e. The van der Waals surface area contributed by atoms with Gasteiger partial charge in [0.05, 0.1) is 5.69 Å². The molecule has 1 aromatic carbocycles. The molecule has 8 nitrogen and oxygen atoms in total. The number of carbonyl (C=O) groups excluding carboxylic acids is 1. The molecule has 1 saturated heterocycles. The predicted octanol–water partition coefficient (Wildman–Crippen LogP) is 2.49. The van der Waals surface area contributed by atoms with Crippen molar-refractivity contribution in [3.63, 3.8) is 0 Å². The summed E-state index contributed by atoms with van der Waals surface area (Å²) in [7, 11) is 1.75. The van der Waals surface area contributed by atoms with E-state index in [0.717, 1.165) is 28.2 Å². The Hall–Kier alpha value is -3.49. The Kier molecular flexibility index (Phi) is 5.83. The van der Waals surface area contributed by atoms with Crippen molar-refractivity contribution < 1.29 is 9.18 Å². The largest absolute Gasteiger partial charge is 0.367 e. The Morgan fingerprint density at radius 1 is 1.10 bits per heavy atom. The lowest BCUT2D eigenvalue weighted by atomic mass is 10.0. The number of halogens is 1. The number of nitrogens with zero attached hydrogens (tertiary/aromatic N) is 6. The van der Waals surface area contributed by atoms with Crippen LogP contribution in [0.4, 0.5) is 16.0 Å². The molecule has 0 spiro atoms. The number of piperazine rings is 1. The Morgan fingerprint density at radius 2 is 1.81 bits per heavy atom. The zero-order valence-corrected chi connectivity index (χ0v) is 18.0. The fourth-order valence-corrected chi connectivity index (χ4v) is 3.87.